The minimum absolute atomic E-state index is 0.478. The first-order valence-corrected chi connectivity index (χ1v) is 15.8. The number of hydrogen-bond donors (Lipinski definition) is 4. The molecule has 10 heteroatoms. The van der Waals surface area contributed by atoms with Crippen LogP contribution in [0.4, 0.5) is 17.3 Å². The van der Waals surface area contributed by atoms with Crippen molar-refractivity contribution in [3.8, 4) is 0 Å². The van der Waals surface area contributed by atoms with E-state index in [1.165, 1.54) is 25.7 Å². The largest absolute Gasteiger partial charge is 0.385 e. The van der Waals surface area contributed by atoms with E-state index < -0.39 is 5.60 Å². The van der Waals surface area contributed by atoms with E-state index in [0.717, 1.165) is 54.3 Å². The molecule has 0 unspecified atom stereocenters. The van der Waals surface area contributed by atoms with Crippen LogP contribution in [0, 0.1) is 10.8 Å². The van der Waals surface area contributed by atoms with Crippen LogP contribution in [0.25, 0.3) is 5.65 Å². The van der Waals surface area contributed by atoms with Gasteiger partial charge in [0.05, 0.1) is 11.3 Å². The highest BCUT2D eigenvalue weighted by Gasteiger charge is 2.36. The minimum atomic E-state index is -0.863. The zero-order valence-electron chi connectivity index (χ0n) is 24.4. The fourth-order valence-corrected chi connectivity index (χ4v) is 7.17. The van der Waals surface area contributed by atoms with Crippen molar-refractivity contribution in [3.05, 3.63) is 83.0 Å². The van der Waals surface area contributed by atoms with Crippen LogP contribution in [0.1, 0.15) is 49.7 Å². The molecule has 224 valence electrons. The molecule has 0 aliphatic carbocycles. The Balaban J connectivity index is 0.996. The van der Waals surface area contributed by atoms with E-state index in [1.807, 2.05) is 60.8 Å². The number of fused-ring (bicyclic) bond motifs is 1. The number of aliphatic hydroxyl groups is 1. The Bertz CT molecular complexity index is 1580. The van der Waals surface area contributed by atoms with Gasteiger partial charge in [0.1, 0.15) is 5.84 Å². The third kappa shape index (κ3) is 5.69. The molecule has 3 fully saturated rings. The van der Waals surface area contributed by atoms with Gasteiger partial charge in [-0.1, -0.05) is 23.7 Å². The van der Waals surface area contributed by atoms with E-state index >= 15 is 0 Å². The van der Waals surface area contributed by atoms with Gasteiger partial charge in [0.2, 0.25) is 5.95 Å². The monoisotopic (exact) mass is 598 g/mol. The van der Waals surface area contributed by atoms with Crippen LogP contribution in [-0.4, -0.2) is 69.7 Å². The maximum Gasteiger partial charge on any atom is 0.247 e. The molecule has 2 aromatic heterocycles. The zero-order chi connectivity index (χ0) is 29.4. The van der Waals surface area contributed by atoms with E-state index in [4.69, 9.17) is 22.0 Å². The highest BCUT2D eigenvalue weighted by molar-refractivity contribution is 6.30. The lowest BCUT2D eigenvalue weighted by molar-refractivity contribution is 0.0118. The topological polar surface area (TPSA) is 105 Å². The molecule has 5 heterocycles. The number of nitrogens with zero attached hydrogens (tertiary/aromatic N) is 5. The predicted molar refractivity (Wildman–Crippen MR) is 172 cm³/mol. The molecule has 1 spiro atoms. The quantitative estimate of drug-likeness (QED) is 0.180. The Labute approximate surface area is 257 Å². The maximum absolute atomic E-state index is 11.3. The summed E-state index contributed by atoms with van der Waals surface area (Å²) in [7, 11) is 0. The smallest absolute Gasteiger partial charge is 0.247 e. The van der Waals surface area contributed by atoms with E-state index in [2.05, 4.69) is 31.6 Å². The van der Waals surface area contributed by atoms with Crippen molar-refractivity contribution in [2.75, 3.05) is 49.5 Å². The van der Waals surface area contributed by atoms with Gasteiger partial charge < -0.3 is 25.5 Å². The summed E-state index contributed by atoms with van der Waals surface area (Å²) in [6.07, 6.45) is 8.02. The number of piperidine rings is 3. The number of likely N-dealkylation sites (tertiary alicyclic amines) is 1. The van der Waals surface area contributed by atoms with Crippen molar-refractivity contribution in [2.24, 2.45) is 5.41 Å². The van der Waals surface area contributed by atoms with Crippen LogP contribution < -0.4 is 15.5 Å². The Kier molecular flexibility index (Phi) is 7.49. The standard InChI is InChI=1S/C33H39ClN8O/c34-26-7-5-25(6-8-26)33(43)15-22-40(23-16-33)28-2-1-19-42-30(28)38-31(39-42)37-27-9-3-24(4-10-27)29(35)41-20-13-32(14-21-41)11-17-36-18-12-32/h1-10,19,35-36,43H,11-18,20-23H2,(H,37,39). The molecule has 3 aliphatic rings. The highest BCUT2D eigenvalue weighted by atomic mass is 35.5. The molecule has 2 aromatic carbocycles. The van der Waals surface area contributed by atoms with E-state index in [1.54, 1.807) is 4.52 Å². The summed E-state index contributed by atoms with van der Waals surface area (Å²) in [6.45, 7) is 5.59. The van der Waals surface area contributed by atoms with Crippen LogP contribution in [-0.2, 0) is 5.60 Å². The second-order valence-electron chi connectivity index (χ2n) is 12.4. The van der Waals surface area contributed by atoms with Crippen molar-refractivity contribution < 1.29 is 5.11 Å². The molecule has 0 saturated carbocycles. The molecule has 0 amide bonds. The number of benzene rings is 2. The molecule has 7 rings (SSSR count). The number of nitrogens with one attached hydrogen (secondary N) is 3. The van der Waals surface area contributed by atoms with Gasteiger partial charge >= 0.3 is 0 Å². The Morgan fingerprint density at radius 3 is 2.28 bits per heavy atom. The van der Waals surface area contributed by atoms with Crippen molar-refractivity contribution in [1.82, 2.24) is 24.8 Å². The Morgan fingerprint density at radius 1 is 0.884 bits per heavy atom. The van der Waals surface area contributed by atoms with Crippen molar-refractivity contribution >= 4 is 40.4 Å². The number of halogens is 1. The average Bonchev–Trinajstić information content (AvgIpc) is 3.45. The number of rotatable bonds is 5. The molecule has 9 nitrogen and oxygen atoms in total. The summed E-state index contributed by atoms with van der Waals surface area (Å²) in [5, 5.41) is 32.3. The van der Waals surface area contributed by atoms with Crippen molar-refractivity contribution in [1.29, 1.82) is 5.41 Å². The second kappa shape index (κ2) is 11.4. The van der Waals surface area contributed by atoms with Gasteiger partial charge in [-0.25, -0.2) is 4.52 Å². The number of amidine groups is 1. The van der Waals surface area contributed by atoms with Gasteiger partial charge in [0.15, 0.2) is 5.65 Å². The lowest BCUT2D eigenvalue weighted by Gasteiger charge is -2.45. The average molecular weight is 599 g/mol. The summed E-state index contributed by atoms with van der Waals surface area (Å²) < 4.78 is 1.80. The molecule has 4 aromatic rings. The molecular weight excluding hydrogens is 560 g/mol. The minimum Gasteiger partial charge on any atom is -0.385 e. The summed E-state index contributed by atoms with van der Waals surface area (Å²) in [6, 6.07) is 19.6. The van der Waals surface area contributed by atoms with Gasteiger partial charge in [0.25, 0.3) is 0 Å². The molecular formula is C33H39ClN8O. The number of aromatic nitrogens is 3. The lowest BCUT2D eigenvalue weighted by atomic mass is 9.71. The van der Waals surface area contributed by atoms with Gasteiger partial charge in [0, 0.05) is 48.6 Å². The third-order valence-corrected chi connectivity index (χ3v) is 10.1. The lowest BCUT2D eigenvalue weighted by Crippen LogP contribution is -2.47. The fourth-order valence-electron chi connectivity index (χ4n) is 7.04. The zero-order valence-corrected chi connectivity index (χ0v) is 25.2. The van der Waals surface area contributed by atoms with Gasteiger partial charge in [-0.2, -0.15) is 4.98 Å². The van der Waals surface area contributed by atoms with Crippen LogP contribution >= 0.6 is 11.6 Å². The summed E-state index contributed by atoms with van der Waals surface area (Å²) in [4.78, 5) is 9.33. The molecule has 3 aliphatic heterocycles. The first kappa shape index (κ1) is 28.1. The molecule has 3 saturated heterocycles. The maximum atomic E-state index is 11.3. The first-order chi connectivity index (χ1) is 20.9. The molecule has 0 bridgehead atoms. The van der Waals surface area contributed by atoms with Crippen molar-refractivity contribution in [3.63, 3.8) is 0 Å². The van der Waals surface area contributed by atoms with Gasteiger partial charge in [-0.05, 0) is 111 Å². The van der Waals surface area contributed by atoms with E-state index in [-0.39, 0.29) is 0 Å². The summed E-state index contributed by atoms with van der Waals surface area (Å²) >= 11 is 6.06. The number of hydrogen-bond acceptors (Lipinski definition) is 7. The van der Waals surface area contributed by atoms with Crippen LogP contribution in [0.5, 0.6) is 0 Å². The molecule has 0 radical (unpaired) electrons. The Hall–Kier alpha value is -3.66. The Morgan fingerprint density at radius 2 is 1.58 bits per heavy atom. The molecule has 43 heavy (non-hydrogen) atoms. The van der Waals surface area contributed by atoms with Crippen LogP contribution in [0.15, 0.2) is 66.9 Å². The SMILES string of the molecule is N=C(c1ccc(Nc2nc3c(N4CCC(O)(c5ccc(Cl)cc5)CC4)cccn3n2)cc1)N1CCC2(CCNCC2)CC1. The van der Waals surface area contributed by atoms with E-state index in [9.17, 15) is 5.11 Å². The first-order valence-electron chi connectivity index (χ1n) is 15.4. The van der Waals surface area contributed by atoms with Gasteiger partial charge in [-0.15, -0.1) is 5.10 Å². The number of pyridine rings is 1. The normalized spacial score (nSPS) is 20.0. The van der Waals surface area contributed by atoms with E-state index in [0.29, 0.717) is 48.2 Å². The third-order valence-electron chi connectivity index (χ3n) is 9.87. The predicted octanol–water partition coefficient (Wildman–Crippen LogP) is 5.41. The summed E-state index contributed by atoms with van der Waals surface area (Å²) in [5.41, 5.74) is 4.11. The van der Waals surface area contributed by atoms with Gasteiger partial charge in [-0.3, -0.25) is 5.41 Å². The van der Waals surface area contributed by atoms with Crippen LogP contribution in [0.3, 0.4) is 0 Å². The second-order valence-corrected chi connectivity index (χ2v) is 12.8. The highest BCUT2D eigenvalue weighted by Crippen LogP contribution is 2.40. The molecule has 4 N–H and O–H groups in total. The summed E-state index contributed by atoms with van der Waals surface area (Å²) in [5.74, 6) is 1.13. The number of anilines is 3. The molecule has 0 atom stereocenters. The van der Waals surface area contributed by atoms with Crippen LogP contribution in [0.2, 0.25) is 5.02 Å². The van der Waals surface area contributed by atoms with Crippen molar-refractivity contribution in [2.45, 2.75) is 44.1 Å². The fraction of sp³-hybridized carbons (Fsp3) is 0.424.